The van der Waals surface area contributed by atoms with Crippen molar-refractivity contribution in [2.75, 3.05) is 13.2 Å². The molecule has 10 nitrogen and oxygen atoms in total. The first-order chi connectivity index (χ1) is 37.3. The molecule has 0 aromatic heterocycles. The molecule has 2 unspecified atom stereocenters. The number of imide groups is 2. The Kier molecular flexibility index (Phi) is 14.3. The molecule has 2 heterocycles. The van der Waals surface area contributed by atoms with E-state index in [2.05, 4.69) is 0 Å². The van der Waals surface area contributed by atoms with Crippen molar-refractivity contribution in [2.45, 2.75) is 61.8 Å². The molecule has 380 valence electrons. The number of nitrogens with zero attached hydrogens (tertiary/aromatic N) is 2. The fraction of sp³-hybridized carbons (Fsp3) is 0.212. The first-order valence-electron chi connectivity index (χ1n) is 26.2. The lowest BCUT2D eigenvalue weighted by Gasteiger charge is -2.40. The highest BCUT2D eigenvalue weighted by molar-refractivity contribution is 6.03. The van der Waals surface area contributed by atoms with Crippen LogP contribution in [0.1, 0.15) is 70.2 Å². The predicted octanol–water partition coefficient (Wildman–Crippen LogP) is 12.7. The summed E-state index contributed by atoms with van der Waals surface area (Å²) in [5.74, 6) is 1.53. The lowest BCUT2D eigenvalue weighted by Crippen LogP contribution is -2.51. The zero-order valence-electron chi connectivity index (χ0n) is 42.1. The third-order valence-electron chi connectivity index (χ3n) is 15.3. The average Bonchev–Trinajstić information content (AvgIpc) is 3.93. The summed E-state index contributed by atoms with van der Waals surface area (Å²) in [4.78, 5) is 59.6. The number of carbonyl (C=O) groups is 4. The molecule has 76 heavy (non-hydrogen) atoms. The highest BCUT2D eigenvalue weighted by atomic mass is 16.6. The first kappa shape index (κ1) is 49.5. The first-order valence-corrected chi connectivity index (χ1v) is 26.2. The summed E-state index contributed by atoms with van der Waals surface area (Å²) in [7, 11) is 0. The molecular formula is C66H58N2O8. The highest BCUT2D eigenvalue weighted by Crippen LogP contribution is 2.47. The zero-order valence-corrected chi connectivity index (χ0v) is 42.1. The summed E-state index contributed by atoms with van der Waals surface area (Å²) in [5, 5.41) is 0. The van der Waals surface area contributed by atoms with Crippen molar-refractivity contribution in [1.29, 1.82) is 0 Å². The van der Waals surface area contributed by atoms with Crippen LogP contribution >= 0.6 is 0 Å². The minimum atomic E-state index is -1.25. The number of benzene rings is 8. The minimum Gasteiger partial charge on any atom is -0.493 e. The van der Waals surface area contributed by atoms with Crippen LogP contribution in [0.3, 0.4) is 0 Å². The topological polar surface area (TPSA) is 112 Å². The summed E-state index contributed by atoms with van der Waals surface area (Å²) in [6.45, 7) is 1.20. The van der Waals surface area contributed by atoms with E-state index in [9.17, 15) is 19.2 Å². The molecule has 4 amide bonds. The van der Waals surface area contributed by atoms with Crippen molar-refractivity contribution in [1.82, 2.24) is 9.80 Å². The van der Waals surface area contributed by atoms with Gasteiger partial charge in [-0.3, -0.25) is 9.59 Å². The van der Waals surface area contributed by atoms with Gasteiger partial charge in [0.15, 0.2) is 12.2 Å². The number of carbonyl (C=O) groups excluding carboxylic acids is 4. The lowest BCUT2D eigenvalue weighted by atomic mass is 9.75. The van der Waals surface area contributed by atoms with Gasteiger partial charge < -0.3 is 18.9 Å². The quantitative estimate of drug-likeness (QED) is 0.0782. The number of hydrogen-bond acceptors (Lipinski definition) is 8. The van der Waals surface area contributed by atoms with Gasteiger partial charge >= 0.3 is 12.2 Å². The van der Waals surface area contributed by atoms with Crippen molar-refractivity contribution in [2.24, 2.45) is 11.8 Å². The average molecular weight is 1010 g/mol. The minimum absolute atomic E-state index is 0.227. The van der Waals surface area contributed by atoms with Crippen LogP contribution in [0.25, 0.3) is 0 Å². The second-order valence-corrected chi connectivity index (χ2v) is 19.9. The van der Waals surface area contributed by atoms with E-state index in [1.165, 1.54) is 9.80 Å². The van der Waals surface area contributed by atoms with E-state index in [1.807, 2.05) is 231 Å². The van der Waals surface area contributed by atoms with E-state index in [0.29, 0.717) is 25.0 Å². The van der Waals surface area contributed by atoms with Crippen molar-refractivity contribution >= 4 is 24.0 Å². The molecule has 0 spiro atoms. The lowest BCUT2D eigenvalue weighted by molar-refractivity contribution is -0.132. The SMILES string of the molecule is O=C1OC(Cc2ccc(OC[C@H]3CC[C@H](COc4ccc(CC5OC(=O)N(C(c6ccccc6)(c6ccccc6)c6ccccc6)C5=O)cc4)CC3)cc2)C(=O)N1C(c1ccccc1)(c1ccccc1)c1ccccc1. The van der Waals surface area contributed by atoms with Gasteiger partial charge in [0.2, 0.25) is 0 Å². The second kappa shape index (κ2) is 22.0. The summed E-state index contributed by atoms with van der Waals surface area (Å²) < 4.78 is 24.4. The van der Waals surface area contributed by atoms with Gasteiger partial charge in [-0.25, -0.2) is 19.4 Å². The van der Waals surface area contributed by atoms with Crippen LogP contribution in [0.4, 0.5) is 9.59 Å². The van der Waals surface area contributed by atoms with Gasteiger partial charge in [0.05, 0.1) is 13.2 Å². The number of cyclic esters (lactones) is 2. The second-order valence-electron chi connectivity index (χ2n) is 19.9. The molecular weight excluding hydrogens is 949 g/mol. The van der Waals surface area contributed by atoms with E-state index in [1.54, 1.807) is 0 Å². The Balaban J connectivity index is 0.666. The Morgan fingerprint density at radius 3 is 0.855 bits per heavy atom. The Bertz CT molecular complexity index is 2830. The maximum absolute atomic E-state index is 14.5. The number of rotatable bonds is 18. The van der Waals surface area contributed by atoms with E-state index >= 15 is 0 Å². The van der Waals surface area contributed by atoms with Crippen LogP contribution in [0.5, 0.6) is 11.5 Å². The maximum atomic E-state index is 14.5. The molecule has 8 aromatic carbocycles. The van der Waals surface area contributed by atoms with Gasteiger partial charge in [-0.15, -0.1) is 0 Å². The third-order valence-corrected chi connectivity index (χ3v) is 15.3. The Hall–Kier alpha value is -8.76. The molecule has 2 saturated heterocycles. The summed E-state index contributed by atoms with van der Waals surface area (Å²) in [6, 6.07) is 73.3. The number of amides is 4. The molecule has 10 heteroatoms. The summed E-state index contributed by atoms with van der Waals surface area (Å²) in [5.41, 5.74) is 3.88. The Morgan fingerprint density at radius 1 is 0.355 bits per heavy atom. The van der Waals surface area contributed by atoms with Crippen molar-refractivity contribution in [3.05, 3.63) is 275 Å². The number of hydrogen-bond donors (Lipinski definition) is 0. The molecule has 8 aromatic rings. The van der Waals surface area contributed by atoms with Crippen LogP contribution < -0.4 is 9.47 Å². The molecule has 11 rings (SSSR count). The van der Waals surface area contributed by atoms with Crippen molar-refractivity contribution < 1.29 is 38.1 Å². The monoisotopic (exact) mass is 1010 g/mol. The fourth-order valence-electron chi connectivity index (χ4n) is 11.5. The van der Waals surface area contributed by atoms with Gasteiger partial charge in [0.25, 0.3) is 11.8 Å². The number of ether oxygens (including phenoxy) is 4. The normalized spacial score (nSPS) is 18.8. The molecule has 1 saturated carbocycles. The largest absolute Gasteiger partial charge is 0.493 e. The standard InChI is InChI=1S/C66H58N2O8/c69-61-59(75-63(71)67(61)65(51-19-7-1-8-20-51,52-21-9-2-10-22-52)53-23-11-3-12-24-53)43-47-35-39-57(40-36-47)73-45-49-31-33-50(34-32-49)46-74-58-41-37-48(38-42-58)44-60-62(70)68(64(72)76-60)66(54-25-13-4-14-26-54,55-27-15-5-16-28-55)56-29-17-6-18-30-56/h1-30,35-42,49-50,59-60H,31-34,43-46H2/t49-,50-,59?,60?. The molecule has 3 fully saturated rings. The van der Waals surface area contributed by atoms with Gasteiger partial charge in [0, 0.05) is 12.8 Å². The molecule has 2 atom stereocenters. The van der Waals surface area contributed by atoms with Crippen LogP contribution in [-0.2, 0) is 43.0 Å². The molecule has 0 radical (unpaired) electrons. The van der Waals surface area contributed by atoms with Crippen molar-refractivity contribution in [3.8, 4) is 11.5 Å². The maximum Gasteiger partial charge on any atom is 0.418 e. The van der Waals surface area contributed by atoms with Gasteiger partial charge in [-0.1, -0.05) is 206 Å². The van der Waals surface area contributed by atoms with Crippen LogP contribution in [-0.4, -0.2) is 59.2 Å². The molecule has 0 bridgehead atoms. The molecule has 3 aliphatic rings. The molecule has 0 N–H and O–H groups in total. The van der Waals surface area contributed by atoms with Gasteiger partial charge in [-0.2, -0.15) is 0 Å². The Morgan fingerprint density at radius 2 is 0.605 bits per heavy atom. The van der Waals surface area contributed by atoms with Crippen LogP contribution in [0.15, 0.2) is 231 Å². The summed E-state index contributed by atoms with van der Waals surface area (Å²) >= 11 is 0. The van der Waals surface area contributed by atoms with E-state index in [-0.39, 0.29) is 12.8 Å². The van der Waals surface area contributed by atoms with Crippen LogP contribution in [0.2, 0.25) is 0 Å². The fourth-order valence-corrected chi connectivity index (χ4v) is 11.5. The van der Waals surface area contributed by atoms with Gasteiger partial charge in [0.1, 0.15) is 22.6 Å². The predicted molar refractivity (Wildman–Crippen MR) is 289 cm³/mol. The van der Waals surface area contributed by atoms with E-state index in [0.717, 1.165) is 81.7 Å². The molecule has 2 aliphatic heterocycles. The van der Waals surface area contributed by atoms with Gasteiger partial charge in [-0.05, 0) is 106 Å². The van der Waals surface area contributed by atoms with Crippen molar-refractivity contribution in [3.63, 3.8) is 0 Å². The summed E-state index contributed by atoms with van der Waals surface area (Å²) in [6.07, 6.45) is 1.20. The Labute approximate surface area is 443 Å². The smallest absolute Gasteiger partial charge is 0.418 e. The molecule has 1 aliphatic carbocycles. The zero-order chi connectivity index (χ0) is 51.9. The van der Waals surface area contributed by atoms with Crippen LogP contribution in [0, 0.1) is 11.8 Å². The van der Waals surface area contributed by atoms with E-state index in [4.69, 9.17) is 18.9 Å². The third kappa shape index (κ3) is 9.63. The highest BCUT2D eigenvalue weighted by Gasteiger charge is 2.56. The van der Waals surface area contributed by atoms with E-state index < -0.39 is 47.3 Å².